The van der Waals surface area contributed by atoms with Gasteiger partial charge >= 0.3 is 0 Å². The largest absolute Gasteiger partial charge is 0.298 e. The van der Waals surface area contributed by atoms with Crippen molar-refractivity contribution in [3.8, 4) is 6.07 Å². The van der Waals surface area contributed by atoms with Gasteiger partial charge in [-0.05, 0) is 25.7 Å². The number of hydrogen-bond acceptors (Lipinski definition) is 3. The Morgan fingerprint density at radius 3 is 2.47 bits per heavy atom. The van der Waals surface area contributed by atoms with Gasteiger partial charge in [-0.2, -0.15) is 5.26 Å². The zero-order valence-corrected chi connectivity index (χ0v) is 11.4. The van der Waals surface area contributed by atoms with Gasteiger partial charge in [0.1, 0.15) is 0 Å². The molecule has 4 unspecified atom stereocenters. The molecular formula is C14H24N2O. The van der Waals surface area contributed by atoms with Crippen LogP contribution in [0.5, 0.6) is 0 Å². The van der Waals surface area contributed by atoms with Gasteiger partial charge in [-0.1, -0.05) is 27.2 Å². The van der Waals surface area contributed by atoms with E-state index in [2.05, 4.69) is 24.8 Å². The monoisotopic (exact) mass is 236 g/mol. The Kier molecular flexibility index (Phi) is 5.14. The summed E-state index contributed by atoms with van der Waals surface area (Å²) in [5.74, 6) is 0.952. The Morgan fingerprint density at radius 1 is 1.41 bits per heavy atom. The van der Waals surface area contributed by atoms with E-state index >= 15 is 0 Å². The maximum absolute atomic E-state index is 12.3. The van der Waals surface area contributed by atoms with E-state index in [4.69, 9.17) is 5.26 Å². The number of likely N-dealkylation sites (tertiary alicyclic amines) is 1. The molecule has 1 saturated heterocycles. The first-order valence-corrected chi connectivity index (χ1v) is 6.79. The lowest BCUT2D eigenvalue weighted by atomic mass is 9.77. The smallest absolute Gasteiger partial charge is 0.153 e. The van der Waals surface area contributed by atoms with E-state index in [1.54, 1.807) is 0 Å². The number of nitrogens with zero attached hydrogens (tertiary/aromatic N) is 2. The fourth-order valence-electron chi connectivity index (χ4n) is 3.01. The van der Waals surface area contributed by atoms with Crippen LogP contribution in [0.15, 0.2) is 0 Å². The highest BCUT2D eigenvalue weighted by Gasteiger charge is 2.40. The van der Waals surface area contributed by atoms with Crippen molar-refractivity contribution < 1.29 is 4.79 Å². The second kappa shape index (κ2) is 6.16. The Morgan fingerprint density at radius 2 is 2.06 bits per heavy atom. The number of Topliss-reactive ketones (excluding diaryl/α,β-unsaturated/α-hetero) is 1. The summed E-state index contributed by atoms with van der Waals surface area (Å²) in [6.07, 6.45) is 2.75. The van der Waals surface area contributed by atoms with Gasteiger partial charge in [-0.15, -0.1) is 0 Å². The van der Waals surface area contributed by atoms with Crippen molar-refractivity contribution >= 4 is 5.78 Å². The molecule has 0 N–H and O–H groups in total. The zero-order chi connectivity index (χ0) is 13.0. The van der Waals surface area contributed by atoms with Crippen LogP contribution in [0.3, 0.4) is 0 Å². The molecule has 1 heterocycles. The number of piperidine rings is 1. The molecule has 1 aliphatic heterocycles. The van der Waals surface area contributed by atoms with Gasteiger partial charge in [0.05, 0.1) is 18.2 Å². The molecule has 0 aromatic rings. The summed E-state index contributed by atoms with van der Waals surface area (Å²) in [7, 11) is 0. The molecule has 0 bridgehead atoms. The van der Waals surface area contributed by atoms with E-state index in [1.165, 1.54) is 0 Å². The van der Waals surface area contributed by atoms with Gasteiger partial charge < -0.3 is 0 Å². The van der Waals surface area contributed by atoms with E-state index in [1.807, 2.05) is 13.8 Å². The second-order valence-corrected chi connectivity index (χ2v) is 5.01. The predicted octanol–water partition coefficient (Wildman–Crippen LogP) is 2.61. The molecule has 0 amide bonds. The molecule has 3 nitrogen and oxygen atoms in total. The quantitative estimate of drug-likeness (QED) is 0.753. The molecule has 96 valence electrons. The molecular weight excluding hydrogens is 212 g/mol. The Bertz CT molecular complexity index is 308. The maximum atomic E-state index is 12.3. The highest BCUT2D eigenvalue weighted by atomic mass is 16.1. The first kappa shape index (κ1) is 14.2. The Hall–Kier alpha value is -0.880. The number of hydrogen-bond donors (Lipinski definition) is 0. The molecule has 17 heavy (non-hydrogen) atoms. The van der Waals surface area contributed by atoms with Crippen LogP contribution in [0.25, 0.3) is 0 Å². The molecule has 3 heteroatoms. The van der Waals surface area contributed by atoms with E-state index in [0.717, 1.165) is 25.8 Å². The van der Waals surface area contributed by atoms with Gasteiger partial charge in [-0.3, -0.25) is 9.69 Å². The van der Waals surface area contributed by atoms with Crippen LogP contribution in [-0.2, 0) is 4.79 Å². The Labute approximate surface area is 105 Å². The number of carbonyl (C=O) groups excluding carboxylic acids is 1. The van der Waals surface area contributed by atoms with Crippen molar-refractivity contribution in [2.24, 2.45) is 11.8 Å². The first-order valence-electron chi connectivity index (χ1n) is 6.79. The average molecular weight is 236 g/mol. The van der Waals surface area contributed by atoms with Gasteiger partial charge in [-0.25, -0.2) is 0 Å². The standard InChI is InChI=1S/C14H24N2O/c1-5-11-9-16(12(6-2)8-15)10(4)14(17)13(11)7-3/h10-13H,5-7,9H2,1-4H3. The van der Waals surface area contributed by atoms with Crippen LogP contribution in [-0.4, -0.2) is 29.3 Å². The molecule has 1 rings (SSSR count). The number of ketones is 1. The van der Waals surface area contributed by atoms with Gasteiger partial charge in [0, 0.05) is 12.5 Å². The highest BCUT2D eigenvalue weighted by molar-refractivity contribution is 5.87. The summed E-state index contributed by atoms with van der Waals surface area (Å²) in [6, 6.07) is 2.12. The van der Waals surface area contributed by atoms with Crippen LogP contribution < -0.4 is 0 Å². The van der Waals surface area contributed by atoms with Crippen LogP contribution in [0.2, 0.25) is 0 Å². The third-order valence-electron chi connectivity index (χ3n) is 4.19. The molecule has 1 aliphatic rings. The minimum Gasteiger partial charge on any atom is -0.298 e. The fourth-order valence-corrected chi connectivity index (χ4v) is 3.01. The third kappa shape index (κ3) is 2.69. The summed E-state index contributed by atoms with van der Waals surface area (Å²) in [5, 5.41) is 9.16. The molecule has 0 saturated carbocycles. The van der Waals surface area contributed by atoms with E-state index in [9.17, 15) is 4.79 Å². The normalized spacial score (nSPS) is 32.2. The van der Waals surface area contributed by atoms with Crippen molar-refractivity contribution in [3.05, 3.63) is 0 Å². The molecule has 4 atom stereocenters. The number of rotatable bonds is 4. The van der Waals surface area contributed by atoms with Crippen molar-refractivity contribution in [1.82, 2.24) is 4.90 Å². The predicted molar refractivity (Wildman–Crippen MR) is 68.4 cm³/mol. The van der Waals surface area contributed by atoms with Crippen molar-refractivity contribution in [3.63, 3.8) is 0 Å². The number of carbonyl (C=O) groups is 1. The van der Waals surface area contributed by atoms with Crippen LogP contribution >= 0.6 is 0 Å². The Balaban J connectivity index is 2.90. The third-order valence-corrected chi connectivity index (χ3v) is 4.19. The molecule has 1 fully saturated rings. The highest BCUT2D eigenvalue weighted by Crippen LogP contribution is 2.31. The molecule has 0 spiro atoms. The van der Waals surface area contributed by atoms with Crippen molar-refractivity contribution in [2.45, 2.75) is 59.0 Å². The van der Waals surface area contributed by atoms with Crippen LogP contribution in [0.4, 0.5) is 0 Å². The average Bonchev–Trinajstić information content (AvgIpc) is 2.35. The SMILES string of the molecule is CCC1CN(C(C#N)CC)C(C)C(=O)C1CC. The van der Waals surface area contributed by atoms with E-state index in [-0.39, 0.29) is 18.0 Å². The molecule has 0 aromatic heterocycles. The van der Waals surface area contributed by atoms with Crippen molar-refractivity contribution in [1.29, 1.82) is 5.26 Å². The minimum atomic E-state index is -0.110. The lowest BCUT2D eigenvalue weighted by molar-refractivity contribution is -0.135. The summed E-state index contributed by atoms with van der Waals surface area (Å²) in [5.41, 5.74) is 0. The topological polar surface area (TPSA) is 44.1 Å². The van der Waals surface area contributed by atoms with Crippen LogP contribution in [0.1, 0.15) is 47.0 Å². The lowest BCUT2D eigenvalue weighted by Crippen LogP contribution is -2.55. The molecule has 0 aliphatic carbocycles. The van der Waals surface area contributed by atoms with E-state index < -0.39 is 0 Å². The van der Waals surface area contributed by atoms with Gasteiger partial charge in [0.2, 0.25) is 0 Å². The van der Waals surface area contributed by atoms with E-state index in [0.29, 0.717) is 11.7 Å². The fraction of sp³-hybridized carbons (Fsp3) is 0.857. The van der Waals surface area contributed by atoms with Crippen LogP contribution in [0, 0.1) is 23.2 Å². The maximum Gasteiger partial charge on any atom is 0.153 e. The number of nitriles is 1. The van der Waals surface area contributed by atoms with Gasteiger partial charge in [0.25, 0.3) is 0 Å². The van der Waals surface area contributed by atoms with Gasteiger partial charge in [0.15, 0.2) is 5.78 Å². The van der Waals surface area contributed by atoms with Crippen molar-refractivity contribution in [2.75, 3.05) is 6.54 Å². The second-order valence-electron chi connectivity index (χ2n) is 5.01. The molecule has 0 radical (unpaired) electrons. The molecule has 0 aromatic carbocycles. The summed E-state index contributed by atoms with van der Waals surface area (Å²) in [6.45, 7) is 9.10. The summed E-state index contributed by atoms with van der Waals surface area (Å²) >= 11 is 0. The minimum absolute atomic E-state index is 0.0904. The lowest BCUT2D eigenvalue weighted by Gasteiger charge is -2.43. The summed E-state index contributed by atoms with van der Waals surface area (Å²) in [4.78, 5) is 14.4. The summed E-state index contributed by atoms with van der Waals surface area (Å²) < 4.78 is 0. The first-order chi connectivity index (χ1) is 8.10. The zero-order valence-electron chi connectivity index (χ0n) is 11.4.